The first-order valence-corrected chi connectivity index (χ1v) is 9.44. The summed E-state index contributed by atoms with van der Waals surface area (Å²) in [6.45, 7) is 2.98. The van der Waals surface area contributed by atoms with Crippen LogP contribution < -0.4 is 5.32 Å². The van der Waals surface area contributed by atoms with Crippen molar-refractivity contribution in [3.05, 3.63) is 71.3 Å². The summed E-state index contributed by atoms with van der Waals surface area (Å²) in [5.41, 5.74) is 3.94. The van der Waals surface area contributed by atoms with Gasteiger partial charge in [0.05, 0.1) is 5.92 Å². The molecule has 1 aliphatic heterocycles. The van der Waals surface area contributed by atoms with Crippen molar-refractivity contribution in [2.75, 3.05) is 13.1 Å². The van der Waals surface area contributed by atoms with Crippen molar-refractivity contribution >= 4 is 5.91 Å². The zero-order chi connectivity index (χ0) is 17.1. The first kappa shape index (κ1) is 16.3. The van der Waals surface area contributed by atoms with Crippen LogP contribution in [0.4, 0.5) is 0 Å². The minimum absolute atomic E-state index is 0.0353. The van der Waals surface area contributed by atoms with E-state index < -0.39 is 0 Å². The highest BCUT2D eigenvalue weighted by atomic mass is 16.2. The third-order valence-electron chi connectivity index (χ3n) is 5.55. The second-order valence-electron chi connectivity index (χ2n) is 7.36. The van der Waals surface area contributed by atoms with Crippen LogP contribution in [0.2, 0.25) is 0 Å². The van der Waals surface area contributed by atoms with Crippen molar-refractivity contribution in [2.45, 2.75) is 44.2 Å². The first-order chi connectivity index (χ1) is 12.3. The minimum atomic E-state index is 0.0353. The average Bonchev–Trinajstić information content (AvgIpc) is 3.09. The van der Waals surface area contributed by atoms with E-state index in [9.17, 15) is 4.79 Å². The number of fused-ring (bicyclic) bond motifs is 1. The summed E-state index contributed by atoms with van der Waals surface area (Å²) < 4.78 is 0. The van der Waals surface area contributed by atoms with Crippen LogP contribution >= 0.6 is 0 Å². The normalized spacial score (nSPS) is 23.2. The summed E-state index contributed by atoms with van der Waals surface area (Å²) in [5, 5.41) is 3.32. The maximum absolute atomic E-state index is 12.9. The molecule has 0 radical (unpaired) electrons. The summed E-state index contributed by atoms with van der Waals surface area (Å²) in [4.78, 5) is 15.3. The van der Waals surface area contributed by atoms with Crippen LogP contribution in [0.5, 0.6) is 0 Å². The van der Waals surface area contributed by atoms with Gasteiger partial charge in [-0.2, -0.15) is 0 Å². The molecule has 1 amide bonds. The van der Waals surface area contributed by atoms with Crippen LogP contribution in [0.25, 0.3) is 0 Å². The summed E-state index contributed by atoms with van der Waals surface area (Å²) >= 11 is 0. The van der Waals surface area contributed by atoms with Crippen molar-refractivity contribution < 1.29 is 4.79 Å². The molecule has 3 heteroatoms. The predicted molar refractivity (Wildman–Crippen MR) is 100 cm³/mol. The molecule has 0 unspecified atom stereocenters. The Kier molecular flexibility index (Phi) is 4.84. The van der Waals surface area contributed by atoms with Crippen molar-refractivity contribution in [1.82, 2.24) is 10.2 Å². The number of nitrogens with zero attached hydrogens (tertiary/aromatic N) is 1. The molecule has 2 aromatic carbocycles. The minimum Gasteiger partial charge on any atom is -0.352 e. The number of benzene rings is 2. The molecule has 3 nitrogen and oxygen atoms in total. The zero-order valence-electron chi connectivity index (χ0n) is 14.7. The van der Waals surface area contributed by atoms with Gasteiger partial charge < -0.3 is 5.32 Å². The lowest BCUT2D eigenvalue weighted by Crippen LogP contribution is -2.40. The molecule has 130 valence electrons. The molecular formula is C22H26N2O. The number of aryl methyl sites for hydroxylation is 1. The van der Waals surface area contributed by atoms with E-state index in [4.69, 9.17) is 0 Å². The van der Waals surface area contributed by atoms with E-state index in [-0.39, 0.29) is 17.9 Å². The van der Waals surface area contributed by atoms with E-state index in [1.54, 1.807) is 0 Å². The lowest BCUT2D eigenvalue weighted by atomic mass is 9.82. The molecule has 1 N–H and O–H groups in total. The molecule has 1 heterocycles. The summed E-state index contributed by atoms with van der Waals surface area (Å²) in [5.74, 6) is 0.256. The second-order valence-corrected chi connectivity index (χ2v) is 7.36. The van der Waals surface area contributed by atoms with Gasteiger partial charge in [0.15, 0.2) is 0 Å². The molecule has 0 bridgehead atoms. The molecule has 2 atom stereocenters. The summed E-state index contributed by atoms with van der Waals surface area (Å²) in [7, 11) is 0. The number of amides is 1. The lowest BCUT2D eigenvalue weighted by Gasteiger charge is -2.26. The fraction of sp³-hybridized carbons (Fsp3) is 0.409. The van der Waals surface area contributed by atoms with Gasteiger partial charge in [0.2, 0.25) is 5.91 Å². The number of likely N-dealkylation sites (tertiary alicyclic amines) is 1. The van der Waals surface area contributed by atoms with Gasteiger partial charge in [-0.15, -0.1) is 0 Å². The number of rotatable bonds is 4. The van der Waals surface area contributed by atoms with Crippen LogP contribution in [0, 0.1) is 0 Å². The Morgan fingerprint density at radius 2 is 1.84 bits per heavy atom. The smallest absolute Gasteiger partial charge is 0.227 e. The quantitative estimate of drug-likeness (QED) is 0.928. The third-order valence-corrected chi connectivity index (χ3v) is 5.55. The van der Waals surface area contributed by atoms with Crippen molar-refractivity contribution in [3.63, 3.8) is 0 Å². The molecule has 2 aromatic rings. The van der Waals surface area contributed by atoms with Gasteiger partial charge in [0, 0.05) is 25.7 Å². The van der Waals surface area contributed by atoms with Gasteiger partial charge in [-0.25, -0.2) is 0 Å². The Morgan fingerprint density at radius 1 is 1.04 bits per heavy atom. The number of nitrogens with one attached hydrogen (secondary N) is 1. The van der Waals surface area contributed by atoms with E-state index in [0.717, 1.165) is 45.3 Å². The SMILES string of the molecule is O=C(N[C@@H]1CCN(Cc2ccccc2)C1)[C@@H]1CCCc2ccccc21. The molecule has 1 aliphatic carbocycles. The van der Waals surface area contributed by atoms with Gasteiger partial charge in [-0.05, 0) is 42.4 Å². The largest absolute Gasteiger partial charge is 0.352 e. The zero-order valence-corrected chi connectivity index (χ0v) is 14.7. The molecule has 0 saturated carbocycles. The van der Waals surface area contributed by atoms with Gasteiger partial charge in [0.25, 0.3) is 0 Å². The van der Waals surface area contributed by atoms with Crippen molar-refractivity contribution in [3.8, 4) is 0 Å². The number of carbonyl (C=O) groups is 1. The highest BCUT2D eigenvalue weighted by molar-refractivity contribution is 5.84. The molecule has 25 heavy (non-hydrogen) atoms. The first-order valence-electron chi connectivity index (χ1n) is 9.44. The molecule has 0 spiro atoms. The Bertz CT molecular complexity index is 728. The standard InChI is InChI=1S/C22H26N2O/c25-22(21-12-6-10-18-9-4-5-11-20(18)21)23-19-13-14-24(16-19)15-17-7-2-1-3-8-17/h1-5,7-9,11,19,21H,6,10,12-16H2,(H,23,25)/t19-,21-/m1/s1. The highest BCUT2D eigenvalue weighted by Crippen LogP contribution is 2.31. The molecule has 0 aromatic heterocycles. The molecule has 4 rings (SSSR count). The van der Waals surface area contributed by atoms with Gasteiger partial charge in [-0.3, -0.25) is 9.69 Å². The number of hydrogen-bond acceptors (Lipinski definition) is 2. The topological polar surface area (TPSA) is 32.3 Å². The molecule has 2 aliphatic rings. The highest BCUT2D eigenvalue weighted by Gasteiger charge is 2.30. The number of hydrogen-bond donors (Lipinski definition) is 1. The number of carbonyl (C=O) groups excluding carboxylic acids is 1. The monoisotopic (exact) mass is 334 g/mol. The van der Waals surface area contributed by atoms with Gasteiger partial charge >= 0.3 is 0 Å². The Morgan fingerprint density at radius 3 is 2.72 bits per heavy atom. The maximum atomic E-state index is 12.9. The second kappa shape index (κ2) is 7.40. The van der Waals surface area contributed by atoms with Crippen LogP contribution in [0.1, 0.15) is 41.9 Å². The Labute approximate surface area is 150 Å². The Hall–Kier alpha value is -2.13. The van der Waals surface area contributed by atoms with Crippen molar-refractivity contribution in [2.24, 2.45) is 0 Å². The van der Waals surface area contributed by atoms with Crippen LogP contribution in [0.15, 0.2) is 54.6 Å². The van der Waals surface area contributed by atoms with Crippen LogP contribution in [0.3, 0.4) is 0 Å². The van der Waals surface area contributed by atoms with Gasteiger partial charge in [-0.1, -0.05) is 54.6 Å². The van der Waals surface area contributed by atoms with Crippen LogP contribution in [-0.2, 0) is 17.8 Å². The predicted octanol–water partition coefficient (Wildman–Crippen LogP) is 3.50. The molecule has 1 fully saturated rings. The van der Waals surface area contributed by atoms with E-state index in [1.165, 1.54) is 16.7 Å². The van der Waals surface area contributed by atoms with E-state index in [1.807, 2.05) is 0 Å². The van der Waals surface area contributed by atoms with Crippen LogP contribution in [-0.4, -0.2) is 29.9 Å². The summed E-state index contributed by atoms with van der Waals surface area (Å²) in [6.07, 6.45) is 4.24. The molecular weight excluding hydrogens is 308 g/mol. The Balaban J connectivity index is 1.35. The van der Waals surface area contributed by atoms with E-state index >= 15 is 0 Å². The maximum Gasteiger partial charge on any atom is 0.227 e. The van der Waals surface area contributed by atoms with E-state index in [0.29, 0.717) is 0 Å². The van der Waals surface area contributed by atoms with E-state index in [2.05, 4.69) is 64.8 Å². The fourth-order valence-corrected chi connectivity index (χ4v) is 4.26. The lowest BCUT2D eigenvalue weighted by molar-refractivity contribution is -0.123. The van der Waals surface area contributed by atoms with Gasteiger partial charge in [0.1, 0.15) is 0 Å². The summed E-state index contributed by atoms with van der Waals surface area (Å²) in [6, 6.07) is 19.3. The fourth-order valence-electron chi connectivity index (χ4n) is 4.26. The third kappa shape index (κ3) is 3.77. The average molecular weight is 334 g/mol. The molecule has 1 saturated heterocycles. The van der Waals surface area contributed by atoms with Crippen molar-refractivity contribution in [1.29, 1.82) is 0 Å².